The van der Waals surface area contributed by atoms with E-state index in [9.17, 15) is 20.2 Å². The van der Waals surface area contributed by atoms with E-state index in [1.807, 2.05) is 27.7 Å². The molecule has 3 rings (SSSR count). The van der Waals surface area contributed by atoms with E-state index < -0.39 is 37.6 Å². The molecule has 1 saturated heterocycles. The van der Waals surface area contributed by atoms with Gasteiger partial charge in [0.05, 0.1) is 0 Å². The number of halogens is 1. The second kappa shape index (κ2) is 9.11. The Morgan fingerprint density at radius 3 is 2.65 bits per heavy atom. The first-order chi connectivity index (χ1) is 14.6. The van der Waals surface area contributed by atoms with Crippen LogP contribution in [-0.4, -0.2) is 75.7 Å². The Kier molecular flexibility index (Phi) is 7.25. The molecule has 12 heteroatoms. The van der Waals surface area contributed by atoms with Crippen LogP contribution in [0, 0.1) is 0 Å². The molecule has 0 radical (unpaired) electrons. The molecule has 1 aliphatic rings. The predicted octanol–water partition coefficient (Wildman–Crippen LogP) is 2.00. The second-order valence-corrected chi connectivity index (χ2v) is 12.0. The Hall–Kier alpha value is -0.970. The maximum atomic E-state index is 10.9. The van der Waals surface area contributed by atoms with Crippen molar-refractivity contribution in [3.8, 4) is 0 Å². The third-order valence-electron chi connectivity index (χ3n) is 6.55. The number of fused-ring (bicyclic) bond motifs is 1. The number of hydrogen-bond donors (Lipinski definition) is 4. The molecule has 176 valence electrons. The minimum absolute atomic E-state index is 0.161. The van der Waals surface area contributed by atoms with Gasteiger partial charge >= 0.3 is 186 Å². The summed E-state index contributed by atoms with van der Waals surface area (Å²) in [5.41, 5.74) is -0.248. The molecule has 0 saturated carbocycles. The summed E-state index contributed by atoms with van der Waals surface area (Å²) >= 11 is 6.05. The molecular formula is C19H32ClN4O6P. The molecule has 3 unspecified atom stereocenters. The molecule has 0 amide bonds. The third kappa shape index (κ3) is 4.32. The van der Waals surface area contributed by atoms with E-state index in [1.54, 1.807) is 0 Å². The van der Waals surface area contributed by atoms with Gasteiger partial charge in [-0.05, 0) is 0 Å². The summed E-state index contributed by atoms with van der Waals surface area (Å²) in [6.07, 6.45) is 1.96. The molecule has 2 aromatic rings. The Labute approximate surface area is 186 Å². The third-order valence-corrected chi connectivity index (χ3v) is 11.0. The maximum absolute atomic E-state index is 10.9. The zero-order chi connectivity index (χ0) is 23.0. The summed E-state index contributed by atoms with van der Waals surface area (Å²) in [6.45, 7) is 7.10. The van der Waals surface area contributed by atoms with E-state index in [1.165, 1.54) is 17.2 Å². The van der Waals surface area contributed by atoms with Gasteiger partial charge in [0.15, 0.2) is 0 Å². The Bertz CT molecular complexity index is 921. The normalized spacial score (nSPS) is 27.6. The first-order valence-electron chi connectivity index (χ1n) is 10.4. The van der Waals surface area contributed by atoms with Gasteiger partial charge in [0.2, 0.25) is 0 Å². The van der Waals surface area contributed by atoms with Gasteiger partial charge < -0.3 is 0 Å². The summed E-state index contributed by atoms with van der Waals surface area (Å²) in [7, 11) is -3.26. The van der Waals surface area contributed by atoms with Crippen molar-refractivity contribution in [2.45, 2.75) is 75.9 Å². The molecular weight excluding hydrogens is 447 g/mol. The minimum atomic E-state index is -3.26. The molecule has 0 aromatic carbocycles. The first kappa shape index (κ1) is 24.7. The zero-order valence-electron chi connectivity index (χ0n) is 18.2. The number of hydrogen-bond acceptors (Lipinski definition) is 9. The van der Waals surface area contributed by atoms with Crippen LogP contribution in [0.5, 0.6) is 0 Å². The van der Waals surface area contributed by atoms with Crippen LogP contribution in [-0.2, 0) is 9.26 Å². The van der Waals surface area contributed by atoms with E-state index in [0.29, 0.717) is 30.4 Å². The number of nitrogens with zero attached hydrogens (tertiary/aromatic N) is 4. The number of ether oxygens (including phenoxy) is 1. The van der Waals surface area contributed by atoms with Gasteiger partial charge in [0.1, 0.15) is 0 Å². The van der Waals surface area contributed by atoms with Gasteiger partial charge in [0.25, 0.3) is 0 Å². The molecule has 4 N–H and O–H groups in total. The van der Waals surface area contributed by atoms with E-state index in [-0.39, 0.29) is 17.4 Å². The SMILES string of the molecule is CCC1(O)C(C)[PH]1(O)O[C@@](C)(CC)CCOC([C@H](O)CO)n1cnc2c(Cl)ncnc21. The summed E-state index contributed by atoms with van der Waals surface area (Å²) in [5, 5.41) is 29.5. The van der Waals surface area contributed by atoms with Crippen LogP contribution in [0.4, 0.5) is 0 Å². The van der Waals surface area contributed by atoms with Crippen LogP contribution in [0.15, 0.2) is 12.7 Å². The number of aromatic nitrogens is 4. The fourth-order valence-electron chi connectivity index (χ4n) is 3.94. The van der Waals surface area contributed by atoms with Crippen molar-refractivity contribution >= 4 is 30.5 Å². The Morgan fingerprint density at radius 1 is 1.35 bits per heavy atom. The van der Waals surface area contributed by atoms with E-state index >= 15 is 0 Å². The van der Waals surface area contributed by atoms with Crippen molar-refractivity contribution in [2.75, 3.05) is 13.2 Å². The summed E-state index contributed by atoms with van der Waals surface area (Å²) in [6, 6.07) is 0. The van der Waals surface area contributed by atoms with Crippen LogP contribution in [0.3, 0.4) is 0 Å². The van der Waals surface area contributed by atoms with Gasteiger partial charge in [-0.25, -0.2) is 0 Å². The van der Waals surface area contributed by atoms with Gasteiger partial charge in [-0.15, -0.1) is 0 Å². The van der Waals surface area contributed by atoms with E-state index in [0.717, 1.165) is 0 Å². The van der Waals surface area contributed by atoms with Crippen LogP contribution < -0.4 is 0 Å². The fourth-order valence-corrected chi connectivity index (χ4v) is 7.88. The number of rotatable bonds is 11. The van der Waals surface area contributed by atoms with Crippen LogP contribution in [0.25, 0.3) is 11.2 Å². The van der Waals surface area contributed by atoms with Crippen molar-refractivity contribution in [3.63, 3.8) is 0 Å². The summed E-state index contributed by atoms with van der Waals surface area (Å²) in [4.78, 5) is 23.1. The van der Waals surface area contributed by atoms with Gasteiger partial charge in [-0.1, -0.05) is 0 Å². The Morgan fingerprint density at radius 2 is 2.06 bits per heavy atom. The fraction of sp³-hybridized carbons (Fsp3) is 0.737. The summed E-state index contributed by atoms with van der Waals surface area (Å²) < 4.78 is 13.6. The summed E-state index contributed by atoms with van der Waals surface area (Å²) in [5.74, 6) is 0. The van der Waals surface area contributed by atoms with Crippen LogP contribution in [0.1, 0.15) is 53.2 Å². The van der Waals surface area contributed by atoms with Crippen molar-refractivity contribution in [1.82, 2.24) is 19.5 Å². The molecule has 0 spiro atoms. The molecule has 3 heterocycles. The topological polar surface area (TPSA) is 143 Å². The standard InChI is InChI=1S/C19H32ClN4O6P/c1-5-18(4,30-31(28)12(3)19(31,27)6-2)7-8-29-17(13(26)9-25)24-11-23-14-15(20)21-10-22-16(14)24/h10-13,17,25-28,31H,5-9H2,1-4H3/t12?,13-,17?,18+,19?/m1/s1. The van der Waals surface area contributed by atoms with Gasteiger partial charge in [0, 0.05) is 0 Å². The molecule has 0 aliphatic carbocycles. The number of imidazole rings is 1. The molecule has 0 bridgehead atoms. The monoisotopic (exact) mass is 478 g/mol. The average molecular weight is 479 g/mol. The van der Waals surface area contributed by atoms with E-state index in [2.05, 4.69) is 15.0 Å². The van der Waals surface area contributed by atoms with Crippen molar-refractivity contribution in [3.05, 3.63) is 17.8 Å². The molecule has 1 fully saturated rings. The van der Waals surface area contributed by atoms with Gasteiger partial charge in [-0.3, -0.25) is 0 Å². The molecule has 31 heavy (non-hydrogen) atoms. The predicted molar refractivity (Wildman–Crippen MR) is 118 cm³/mol. The van der Waals surface area contributed by atoms with Crippen molar-refractivity contribution < 1.29 is 29.5 Å². The number of aliphatic hydroxyl groups is 3. The van der Waals surface area contributed by atoms with Gasteiger partial charge in [-0.2, -0.15) is 0 Å². The quantitative estimate of drug-likeness (QED) is 0.281. The van der Waals surface area contributed by atoms with E-state index in [4.69, 9.17) is 20.9 Å². The van der Waals surface area contributed by atoms with Crippen LogP contribution in [0.2, 0.25) is 5.15 Å². The first-order valence-corrected chi connectivity index (χ1v) is 12.8. The Balaban J connectivity index is 1.72. The van der Waals surface area contributed by atoms with Crippen LogP contribution >= 0.6 is 19.3 Å². The molecule has 1 aliphatic heterocycles. The molecule has 5 atom stereocenters. The van der Waals surface area contributed by atoms with Crippen molar-refractivity contribution in [2.24, 2.45) is 0 Å². The molecule has 10 nitrogen and oxygen atoms in total. The number of aliphatic hydroxyl groups excluding tert-OH is 2. The molecule has 2 aromatic heterocycles. The zero-order valence-corrected chi connectivity index (χ0v) is 20.0. The average Bonchev–Trinajstić information content (AvgIpc) is 3.05. The second-order valence-electron chi connectivity index (χ2n) is 8.35. The van der Waals surface area contributed by atoms with Crippen molar-refractivity contribution in [1.29, 1.82) is 0 Å².